The normalized spacial score (nSPS) is 14.2. The van der Waals surface area contributed by atoms with Crippen LogP contribution in [0.4, 0.5) is 16.2 Å². The fourth-order valence-corrected chi connectivity index (χ4v) is 4.61. The lowest BCUT2D eigenvalue weighted by atomic mass is 10.1. The molecule has 0 aromatic heterocycles. The summed E-state index contributed by atoms with van der Waals surface area (Å²) in [5.74, 6) is -1.16. The number of sulfonamides is 1. The Morgan fingerprint density at radius 2 is 1.72 bits per heavy atom. The van der Waals surface area contributed by atoms with E-state index in [9.17, 15) is 23.1 Å². The maximum atomic E-state index is 13.0. The molecule has 2 aromatic carbocycles. The van der Waals surface area contributed by atoms with Crippen molar-refractivity contribution in [3.8, 4) is 0 Å². The Labute approximate surface area is 187 Å². The van der Waals surface area contributed by atoms with Crippen LogP contribution in [-0.2, 0) is 14.8 Å². The zero-order chi connectivity index (χ0) is 23.5. The van der Waals surface area contributed by atoms with Crippen LogP contribution >= 0.6 is 0 Å². The second-order valence-electron chi connectivity index (χ2n) is 7.56. The summed E-state index contributed by atoms with van der Waals surface area (Å²) in [6, 6.07) is 9.16. The molecule has 0 saturated carbocycles. The number of ether oxygens (including phenoxy) is 1. The van der Waals surface area contributed by atoms with Gasteiger partial charge in [-0.1, -0.05) is 6.07 Å². The molecule has 0 spiro atoms. The smallest absolute Gasteiger partial charge is 0.409 e. The molecule has 1 saturated heterocycles. The van der Waals surface area contributed by atoms with Crippen molar-refractivity contribution < 1.29 is 27.9 Å². The van der Waals surface area contributed by atoms with Gasteiger partial charge in [-0.2, -0.15) is 0 Å². The summed E-state index contributed by atoms with van der Waals surface area (Å²) >= 11 is 0. The molecule has 2 aromatic rings. The molecule has 172 valence electrons. The third-order valence-electron chi connectivity index (χ3n) is 5.42. The van der Waals surface area contributed by atoms with Crippen LogP contribution in [0.15, 0.2) is 41.3 Å². The van der Waals surface area contributed by atoms with Crippen LogP contribution < -0.4 is 9.62 Å². The number of aromatic carboxylic acids is 1. The van der Waals surface area contributed by atoms with Gasteiger partial charge in [0.1, 0.15) is 0 Å². The van der Waals surface area contributed by atoms with Gasteiger partial charge in [0, 0.05) is 26.2 Å². The third kappa shape index (κ3) is 5.13. The number of carbonyl (C=O) groups excluding carboxylic acids is 1. The summed E-state index contributed by atoms with van der Waals surface area (Å²) in [6.07, 6.45) is -0.385. The van der Waals surface area contributed by atoms with Gasteiger partial charge in [0.2, 0.25) is 0 Å². The van der Waals surface area contributed by atoms with Gasteiger partial charge in [0.05, 0.1) is 28.4 Å². The molecule has 1 amide bonds. The number of hydrogen-bond acceptors (Lipinski definition) is 6. The number of carbonyl (C=O) groups is 2. The molecular formula is C22H27N3O6S. The van der Waals surface area contributed by atoms with Crippen molar-refractivity contribution in [2.45, 2.75) is 25.7 Å². The number of amides is 1. The summed E-state index contributed by atoms with van der Waals surface area (Å²) < 4.78 is 33.7. The largest absolute Gasteiger partial charge is 0.478 e. The molecule has 0 bridgehead atoms. The van der Waals surface area contributed by atoms with Crippen LogP contribution in [-0.4, -0.2) is 63.3 Å². The number of anilines is 2. The summed E-state index contributed by atoms with van der Waals surface area (Å²) in [7, 11) is -3.94. The highest BCUT2D eigenvalue weighted by Gasteiger charge is 2.25. The van der Waals surface area contributed by atoms with Gasteiger partial charge in [0.15, 0.2) is 0 Å². The monoisotopic (exact) mass is 461 g/mol. The lowest BCUT2D eigenvalue weighted by Gasteiger charge is -2.36. The van der Waals surface area contributed by atoms with Crippen molar-refractivity contribution in [3.05, 3.63) is 53.1 Å². The average Bonchev–Trinajstić information content (AvgIpc) is 2.75. The first kappa shape index (κ1) is 23.4. The molecule has 2 N–H and O–H groups in total. The van der Waals surface area contributed by atoms with Gasteiger partial charge in [-0.15, -0.1) is 0 Å². The molecule has 1 fully saturated rings. The van der Waals surface area contributed by atoms with E-state index < -0.39 is 16.0 Å². The first-order chi connectivity index (χ1) is 15.1. The Kier molecular flexibility index (Phi) is 6.93. The van der Waals surface area contributed by atoms with E-state index in [0.29, 0.717) is 38.5 Å². The van der Waals surface area contributed by atoms with Crippen molar-refractivity contribution in [2.24, 2.45) is 0 Å². The molecule has 0 aliphatic carbocycles. The van der Waals surface area contributed by atoms with Gasteiger partial charge in [-0.05, 0) is 62.2 Å². The van der Waals surface area contributed by atoms with Gasteiger partial charge in [-0.3, -0.25) is 4.72 Å². The molecule has 3 rings (SSSR count). The molecule has 0 unspecified atom stereocenters. The van der Waals surface area contributed by atoms with Crippen molar-refractivity contribution in [1.29, 1.82) is 0 Å². The Bertz CT molecular complexity index is 1120. The van der Waals surface area contributed by atoms with Crippen LogP contribution in [0.3, 0.4) is 0 Å². The van der Waals surface area contributed by atoms with Crippen molar-refractivity contribution >= 4 is 33.5 Å². The van der Waals surface area contributed by atoms with E-state index in [0.717, 1.165) is 11.1 Å². The Morgan fingerprint density at radius 3 is 2.31 bits per heavy atom. The van der Waals surface area contributed by atoms with Gasteiger partial charge >= 0.3 is 12.1 Å². The second-order valence-corrected chi connectivity index (χ2v) is 9.24. The highest BCUT2D eigenvalue weighted by atomic mass is 32.2. The third-order valence-corrected chi connectivity index (χ3v) is 6.79. The first-order valence-corrected chi connectivity index (χ1v) is 11.7. The molecule has 9 nitrogen and oxygen atoms in total. The number of nitrogens with zero attached hydrogens (tertiary/aromatic N) is 2. The number of piperazine rings is 1. The van der Waals surface area contributed by atoms with E-state index in [4.69, 9.17) is 4.74 Å². The molecule has 0 atom stereocenters. The molecule has 32 heavy (non-hydrogen) atoms. The zero-order valence-electron chi connectivity index (χ0n) is 18.3. The lowest BCUT2D eigenvalue weighted by molar-refractivity contribution is 0.0696. The number of nitrogens with one attached hydrogen (secondary N) is 1. The van der Waals surface area contributed by atoms with E-state index in [1.165, 1.54) is 18.2 Å². The van der Waals surface area contributed by atoms with Crippen LogP contribution in [0.1, 0.15) is 28.4 Å². The average molecular weight is 462 g/mol. The number of rotatable bonds is 6. The fourth-order valence-electron chi connectivity index (χ4n) is 3.46. The minimum absolute atomic E-state index is 0.0308. The summed E-state index contributed by atoms with van der Waals surface area (Å²) in [4.78, 5) is 27.0. The maximum Gasteiger partial charge on any atom is 0.409 e. The van der Waals surface area contributed by atoms with Crippen LogP contribution in [0.25, 0.3) is 0 Å². The topological polar surface area (TPSA) is 116 Å². The Balaban J connectivity index is 1.90. The van der Waals surface area contributed by atoms with E-state index in [1.807, 2.05) is 18.7 Å². The van der Waals surface area contributed by atoms with Crippen molar-refractivity contribution in [3.63, 3.8) is 0 Å². The Hall–Kier alpha value is -3.27. The molecule has 0 radical (unpaired) electrons. The van der Waals surface area contributed by atoms with E-state index in [2.05, 4.69) is 4.72 Å². The fraction of sp³-hybridized carbons (Fsp3) is 0.364. The number of carboxylic acid groups (broad SMARTS) is 1. The van der Waals surface area contributed by atoms with Gasteiger partial charge in [-0.25, -0.2) is 18.0 Å². The quantitative estimate of drug-likeness (QED) is 0.679. The van der Waals surface area contributed by atoms with E-state index in [1.54, 1.807) is 30.0 Å². The number of aryl methyl sites for hydroxylation is 2. The highest BCUT2D eigenvalue weighted by molar-refractivity contribution is 7.92. The maximum absolute atomic E-state index is 13.0. The summed E-state index contributed by atoms with van der Waals surface area (Å²) in [6.45, 7) is 7.46. The number of benzene rings is 2. The molecule has 10 heteroatoms. The van der Waals surface area contributed by atoms with Crippen molar-refractivity contribution in [1.82, 2.24) is 4.90 Å². The van der Waals surface area contributed by atoms with E-state index >= 15 is 0 Å². The van der Waals surface area contributed by atoms with Gasteiger partial charge < -0.3 is 19.6 Å². The second kappa shape index (κ2) is 9.47. The minimum atomic E-state index is -3.94. The SMILES string of the molecule is CCOC(=O)N1CCN(c2ccc(C(=O)O)cc2NS(=O)(=O)c2ccc(C)c(C)c2)CC1. The standard InChI is InChI=1S/C22H27N3O6S/c1-4-31-22(28)25-11-9-24(10-12-25)20-8-6-17(21(26)27)14-19(20)23-32(29,30)18-7-5-15(2)16(3)13-18/h5-8,13-14,23H,4,9-12H2,1-3H3,(H,26,27). The predicted molar refractivity (Wildman–Crippen MR) is 121 cm³/mol. The molecule has 1 aliphatic rings. The summed E-state index contributed by atoms with van der Waals surface area (Å²) in [5.41, 5.74) is 2.50. The highest BCUT2D eigenvalue weighted by Crippen LogP contribution is 2.31. The molecule has 1 heterocycles. The van der Waals surface area contributed by atoms with E-state index in [-0.39, 0.29) is 22.2 Å². The van der Waals surface area contributed by atoms with Gasteiger partial charge in [0.25, 0.3) is 10.0 Å². The summed E-state index contributed by atoms with van der Waals surface area (Å²) in [5, 5.41) is 9.39. The minimum Gasteiger partial charge on any atom is -0.478 e. The number of hydrogen-bond donors (Lipinski definition) is 2. The lowest BCUT2D eigenvalue weighted by Crippen LogP contribution is -2.49. The molecular weight excluding hydrogens is 434 g/mol. The zero-order valence-corrected chi connectivity index (χ0v) is 19.1. The number of carboxylic acids is 1. The Morgan fingerprint density at radius 1 is 1.03 bits per heavy atom. The van der Waals surface area contributed by atoms with Crippen LogP contribution in [0.2, 0.25) is 0 Å². The predicted octanol–water partition coefficient (Wildman–Crippen LogP) is 3.08. The first-order valence-electron chi connectivity index (χ1n) is 10.3. The van der Waals surface area contributed by atoms with Crippen LogP contribution in [0, 0.1) is 13.8 Å². The van der Waals surface area contributed by atoms with Crippen molar-refractivity contribution in [2.75, 3.05) is 42.4 Å². The molecule has 1 aliphatic heterocycles. The van der Waals surface area contributed by atoms with Crippen LogP contribution in [0.5, 0.6) is 0 Å².